The topological polar surface area (TPSA) is 72.0 Å². The number of ether oxygens (including phenoxy) is 2. The van der Waals surface area contributed by atoms with E-state index in [0.29, 0.717) is 18.2 Å². The Hall–Kier alpha value is -3.01. The zero-order chi connectivity index (χ0) is 27.2. The average Bonchev–Trinajstić information content (AvgIpc) is 2.87. The molecule has 0 spiro atoms. The van der Waals surface area contributed by atoms with Crippen LogP contribution < -0.4 is 9.64 Å². The normalized spacial score (nSPS) is 15.3. The minimum atomic E-state index is -4.71. The number of carbonyl (C=O) groups is 2. The molecular weight excluding hydrogens is 511 g/mol. The summed E-state index contributed by atoms with van der Waals surface area (Å²) in [6, 6.07) is 8.86. The van der Waals surface area contributed by atoms with Crippen LogP contribution in [0.2, 0.25) is 5.15 Å². The molecule has 0 aliphatic carbocycles. The number of hydrogen-bond acceptors (Lipinski definition) is 6. The number of pyridine rings is 1. The van der Waals surface area contributed by atoms with Crippen LogP contribution in [-0.2, 0) is 9.53 Å². The van der Waals surface area contributed by atoms with Gasteiger partial charge in [0.15, 0.2) is 5.92 Å². The zero-order valence-corrected chi connectivity index (χ0v) is 21.8. The molecule has 1 atom stereocenters. The SMILES string of the molecule is COC(=O)c1ccc(N2CCC(CCCN(C)C(=O)C(c3cccc(OC)c3)C(F)(F)F)CC2)nc1Cl. The molecule has 1 aliphatic heterocycles. The lowest BCUT2D eigenvalue weighted by molar-refractivity contribution is -0.171. The molecular formula is C26H31ClF3N3O4. The number of rotatable bonds is 9. The Bertz CT molecular complexity index is 1090. The lowest BCUT2D eigenvalue weighted by Crippen LogP contribution is -2.39. The highest BCUT2D eigenvalue weighted by Crippen LogP contribution is 2.37. The van der Waals surface area contributed by atoms with Crippen LogP contribution in [0.5, 0.6) is 5.75 Å². The van der Waals surface area contributed by atoms with Crippen molar-refractivity contribution in [2.24, 2.45) is 5.92 Å². The molecule has 37 heavy (non-hydrogen) atoms. The maximum atomic E-state index is 13.8. The fourth-order valence-electron chi connectivity index (χ4n) is 4.55. The predicted molar refractivity (Wildman–Crippen MR) is 134 cm³/mol. The van der Waals surface area contributed by atoms with Gasteiger partial charge in [0.2, 0.25) is 5.91 Å². The first-order valence-corrected chi connectivity index (χ1v) is 12.4. The van der Waals surface area contributed by atoms with Crippen LogP contribution in [0.3, 0.4) is 0 Å². The molecule has 1 aromatic carbocycles. The summed E-state index contributed by atoms with van der Waals surface area (Å²) in [4.78, 5) is 32.1. The number of piperidine rings is 1. The number of amides is 1. The quantitative estimate of drug-likeness (QED) is 0.315. The second-order valence-corrected chi connectivity index (χ2v) is 9.44. The molecule has 1 amide bonds. The first-order chi connectivity index (χ1) is 17.5. The van der Waals surface area contributed by atoms with Crippen molar-refractivity contribution in [2.75, 3.05) is 45.8 Å². The Kier molecular flexibility index (Phi) is 9.64. The van der Waals surface area contributed by atoms with Crippen LogP contribution in [0.4, 0.5) is 19.0 Å². The van der Waals surface area contributed by atoms with Gasteiger partial charge in [-0.25, -0.2) is 9.78 Å². The van der Waals surface area contributed by atoms with Crippen LogP contribution in [0.25, 0.3) is 0 Å². The van der Waals surface area contributed by atoms with Gasteiger partial charge in [0.25, 0.3) is 0 Å². The summed E-state index contributed by atoms with van der Waals surface area (Å²) in [6.07, 6.45) is -1.55. The van der Waals surface area contributed by atoms with Crippen LogP contribution >= 0.6 is 11.6 Å². The number of carbonyl (C=O) groups excluding carboxylic acids is 2. The first-order valence-electron chi connectivity index (χ1n) is 12.0. The second-order valence-electron chi connectivity index (χ2n) is 9.08. The smallest absolute Gasteiger partial charge is 0.404 e. The minimum Gasteiger partial charge on any atom is -0.497 e. The van der Waals surface area contributed by atoms with Gasteiger partial charge in [-0.15, -0.1) is 0 Å². The molecule has 3 rings (SSSR count). The van der Waals surface area contributed by atoms with Gasteiger partial charge in [0.1, 0.15) is 16.7 Å². The van der Waals surface area contributed by atoms with Gasteiger partial charge in [0.05, 0.1) is 19.8 Å². The van der Waals surface area contributed by atoms with Gasteiger partial charge in [-0.1, -0.05) is 23.7 Å². The van der Waals surface area contributed by atoms with Gasteiger partial charge in [0, 0.05) is 26.7 Å². The summed E-state index contributed by atoms with van der Waals surface area (Å²) in [5.74, 6) is -2.42. The highest BCUT2D eigenvalue weighted by molar-refractivity contribution is 6.32. The highest BCUT2D eigenvalue weighted by atomic mass is 35.5. The minimum absolute atomic E-state index is 0.0882. The van der Waals surface area contributed by atoms with E-state index in [0.717, 1.165) is 32.4 Å². The molecule has 0 N–H and O–H groups in total. The molecule has 1 unspecified atom stereocenters. The van der Waals surface area contributed by atoms with E-state index in [-0.39, 0.29) is 28.6 Å². The van der Waals surface area contributed by atoms with E-state index in [9.17, 15) is 22.8 Å². The maximum Gasteiger partial charge on any atom is 0.404 e. The van der Waals surface area contributed by atoms with Crippen LogP contribution in [0.1, 0.15) is 47.5 Å². The fourth-order valence-corrected chi connectivity index (χ4v) is 4.78. The second kappa shape index (κ2) is 12.5. The number of hydrogen-bond donors (Lipinski definition) is 0. The third-order valence-corrected chi connectivity index (χ3v) is 6.95. The summed E-state index contributed by atoms with van der Waals surface area (Å²) < 4.78 is 51.2. The van der Waals surface area contributed by atoms with E-state index >= 15 is 0 Å². The molecule has 1 aliphatic rings. The Morgan fingerprint density at radius 1 is 1.19 bits per heavy atom. The summed E-state index contributed by atoms with van der Waals surface area (Å²) in [7, 11) is 4.06. The lowest BCUT2D eigenvalue weighted by atomic mass is 9.92. The van der Waals surface area contributed by atoms with E-state index in [1.807, 2.05) is 0 Å². The van der Waals surface area contributed by atoms with E-state index in [1.54, 1.807) is 18.2 Å². The maximum absolute atomic E-state index is 13.8. The standard InChI is InChI=1S/C26H31ClF3N3O4/c1-32(24(34)22(26(28,29)30)18-7-4-8-19(16-18)36-2)13-5-6-17-11-14-33(15-12-17)21-10-9-20(23(27)31-21)25(35)37-3/h4,7-10,16-17,22H,5-6,11-15H2,1-3H3. The number of methoxy groups -OCH3 is 2. The van der Waals surface area contributed by atoms with Crippen LogP contribution in [0.15, 0.2) is 36.4 Å². The molecule has 2 aromatic rings. The van der Waals surface area contributed by atoms with Crippen molar-refractivity contribution < 1.29 is 32.2 Å². The Morgan fingerprint density at radius 2 is 1.89 bits per heavy atom. The number of benzene rings is 1. The largest absolute Gasteiger partial charge is 0.497 e. The Morgan fingerprint density at radius 3 is 2.49 bits per heavy atom. The first kappa shape index (κ1) is 28.6. The number of anilines is 1. The Labute approximate surface area is 219 Å². The molecule has 0 bridgehead atoms. The van der Waals surface area contributed by atoms with Crippen molar-refractivity contribution in [1.29, 1.82) is 0 Å². The number of halogens is 4. The number of alkyl halides is 3. The molecule has 2 heterocycles. The van der Waals surface area contributed by atoms with Crippen molar-refractivity contribution in [3.8, 4) is 5.75 Å². The molecule has 11 heteroatoms. The number of likely N-dealkylation sites (N-methyl/N-ethyl adjacent to an activating group) is 1. The average molecular weight is 542 g/mol. The third-order valence-electron chi connectivity index (χ3n) is 6.66. The Balaban J connectivity index is 1.51. The molecule has 0 radical (unpaired) electrons. The molecule has 1 fully saturated rings. The number of aromatic nitrogens is 1. The van der Waals surface area contributed by atoms with Crippen LogP contribution in [0, 0.1) is 5.92 Å². The molecule has 1 aromatic heterocycles. The van der Waals surface area contributed by atoms with Crippen molar-refractivity contribution in [3.05, 3.63) is 52.7 Å². The lowest BCUT2D eigenvalue weighted by Gasteiger charge is -2.33. The zero-order valence-electron chi connectivity index (χ0n) is 21.1. The summed E-state index contributed by atoms with van der Waals surface area (Å²) in [5.41, 5.74) is 0.0741. The van der Waals surface area contributed by atoms with E-state index in [2.05, 4.69) is 14.6 Å². The fraction of sp³-hybridized carbons (Fsp3) is 0.500. The molecule has 0 saturated carbocycles. The summed E-state index contributed by atoms with van der Waals surface area (Å²) in [6.45, 7) is 1.72. The molecule has 202 valence electrons. The van der Waals surface area contributed by atoms with E-state index < -0.39 is 24.0 Å². The summed E-state index contributed by atoms with van der Waals surface area (Å²) >= 11 is 6.13. The van der Waals surface area contributed by atoms with Crippen LogP contribution in [-0.4, -0.2) is 68.8 Å². The van der Waals surface area contributed by atoms with E-state index in [4.69, 9.17) is 16.3 Å². The summed E-state index contributed by atoms with van der Waals surface area (Å²) in [5, 5.41) is 0.0882. The monoisotopic (exact) mass is 541 g/mol. The molecule has 1 saturated heterocycles. The van der Waals surface area contributed by atoms with Crippen molar-refractivity contribution in [3.63, 3.8) is 0 Å². The highest BCUT2D eigenvalue weighted by Gasteiger charge is 2.47. The van der Waals surface area contributed by atoms with Gasteiger partial charge in [-0.2, -0.15) is 13.2 Å². The van der Waals surface area contributed by atoms with E-state index in [1.165, 1.54) is 44.4 Å². The van der Waals surface area contributed by atoms with Crippen molar-refractivity contribution >= 4 is 29.3 Å². The van der Waals surface area contributed by atoms with Gasteiger partial charge < -0.3 is 19.3 Å². The third kappa shape index (κ3) is 7.28. The van der Waals surface area contributed by atoms with Crippen molar-refractivity contribution in [1.82, 2.24) is 9.88 Å². The molecule has 7 nitrogen and oxygen atoms in total. The van der Waals surface area contributed by atoms with Gasteiger partial charge in [-0.3, -0.25) is 4.79 Å². The number of nitrogens with zero attached hydrogens (tertiary/aromatic N) is 3. The predicted octanol–water partition coefficient (Wildman–Crippen LogP) is 5.33. The van der Waals surface area contributed by atoms with Gasteiger partial charge >= 0.3 is 12.1 Å². The number of esters is 1. The van der Waals surface area contributed by atoms with Crippen molar-refractivity contribution in [2.45, 2.75) is 37.8 Å². The van der Waals surface area contributed by atoms with Gasteiger partial charge in [-0.05, 0) is 61.4 Å².